The van der Waals surface area contributed by atoms with Gasteiger partial charge in [-0.05, 0) is 12.1 Å². The second kappa shape index (κ2) is 7.56. The Balaban J connectivity index is 0.000000325. The van der Waals surface area contributed by atoms with Crippen LogP contribution in [0.2, 0.25) is 0 Å². The first-order chi connectivity index (χ1) is 7.25. The highest BCUT2D eigenvalue weighted by molar-refractivity contribution is 8.10. The van der Waals surface area contributed by atoms with Gasteiger partial charge in [-0.15, -0.1) is 12.6 Å². The van der Waals surface area contributed by atoms with Crippen molar-refractivity contribution >= 4 is 64.0 Å². The van der Waals surface area contributed by atoms with E-state index in [9.17, 15) is 0 Å². The normalized spacial score (nSPS) is 10.1. The summed E-state index contributed by atoms with van der Waals surface area (Å²) in [6.07, 6.45) is 1.58. The minimum absolute atomic E-state index is 0.444. The van der Waals surface area contributed by atoms with Gasteiger partial charge >= 0.3 is 0 Å². The molecule has 0 aliphatic rings. The van der Waals surface area contributed by atoms with Crippen LogP contribution >= 0.6 is 59.6 Å². The smallest absolute Gasteiger partial charge is 0.232 e. The van der Waals surface area contributed by atoms with Gasteiger partial charge in [0, 0.05) is 20.3 Å². The van der Waals surface area contributed by atoms with Gasteiger partial charge in [-0.25, -0.2) is 0 Å². The van der Waals surface area contributed by atoms with E-state index in [1.54, 1.807) is 29.3 Å². The standard InChI is InChI=1S/C6H4Cl3N.C3H7NS2/c7-6(8,9)5-3-1-2-4-10-5;1-4(2)3(5)6/h1-4H;1-2H3,(H,5,6). The molecule has 0 saturated carbocycles. The molecule has 0 unspecified atom stereocenters. The molecule has 0 N–H and O–H groups in total. The zero-order valence-electron chi connectivity index (χ0n) is 8.69. The fourth-order valence-corrected chi connectivity index (χ4v) is 0.866. The summed E-state index contributed by atoms with van der Waals surface area (Å²) >= 11 is 25.0. The molecule has 0 spiro atoms. The first-order valence-corrected chi connectivity index (χ1v) is 6.12. The number of thiol groups is 1. The summed E-state index contributed by atoms with van der Waals surface area (Å²) in [6, 6.07) is 5.19. The Morgan fingerprint density at radius 1 is 1.38 bits per heavy atom. The lowest BCUT2D eigenvalue weighted by Gasteiger charge is -2.07. The number of alkyl halides is 3. The van der Waals surface area contributed by atoms with Crippen LogP contribution < -0.4 is 0 Å². The second-order valence-electron chi connectivity index (χ2n) is 2.89. The van der Waals surface area contributed by atoms with E-state index in [1.807, 2.05) is 14.1 Å². The van der Waals surface area contributed by atoms with E-state index in [1.165, 1.54) is 0 Å². The van der Waals surface area contributed by atoms with Gasteiger partial charge in [-0.1, -0.05) is 53.1 Å². The highest BCUT2D eigenvalue weighted by Gasteiger charge is 2.23. The van der Waals surface area contributed by atoms with Gasteiger partial charge < -0.3 is 4.90 Å². The molecule has 0 bridgehead atoms. The molecule has 1 aromatic heterocycles. The summed E-state index contributed by atoms with van der Waals surface area (Å²) in [6.45, 7) is 0. The Labute approximate surface area is 121 Å². The van der Waals surface area contributed by atoms with E-state index >= 15 is 0 Å². The SMILES string of the molecule is CN(C)C(=S)S.ClC(Cl)(Cl)c1ccccn1. The topological polar surface area (TPSA) is 16.1 Å². The van der Waals surface area contributed by atoms with Crippen molar-refractivity contribution in [2.45, 2.75) is 3.79 Å². The van der Waals surface area contributed by atoms with Crippen LogP contribution in [0.25, 0.3) is 0 Å². The van der Waals surface area contributed by atoms with Crippen molar-refractivity contribution < 1.29 is 0 Å². The number of nitrogens with zero attached hydrogens (tertiary/aromatic N) is 2. The average Bonchev–Trinajstić information content (AvgIpc) is 2.18. The van der Waals surface area contributed by atoms with Crippen molar-refractivity contribution in [3.05, 3.63) is 30.1 Å². The van der Waals surface area contributed by atoms with Crippen LogP contribution in [0.3, 0.4) is 0 Å². The van der Waals surface area contributed by atoms with Gasteiger partial charge in [0.05, 0.1) is 5.69 Å². The number of pyridine rings is 1. The van der Waals surface area contributed by atoms with Crippen LogP contribution in [0.4, 0.5) is 0 Å². The highest BCUT2D eigenvalue weighted by Crippen LogP contribution is 2.36. The second-order valence-corrected chi connectivity index (χ2v) is 6.28. The van der Waals surface area contributed by atoms with Crippen LogP contribution in [0.1, 0.15) is 5.69 Å². The van der Waals surface area contributed by atoms with Gasteiger partial charge in [0.1, 0.15) is 4.32 Å². The molecule has 16 heavy (non-hydrogen) atoms. The summed E-state index contributed by atoms with van der Waals surface area (Å²) in [4.78, 5) is 5.62. The van der Waals surface area contributed by atoms with E-state index in [0.29, 0.717) is 10.0 Å². The molecule has 0 atom stereocenters. The van der Waals surface area contributed by atoms with Crippen LogP contribution in [0, 0.1) is 0 Å². The maximum Gasteiger partial charge on any atom is 0.232 e. The maximum atomic E-state index is 5.53. The minimum atomic E-state index is -1.40. The minimum Gasteiger partial charge on any atom is -0.364 e. The molecule has 0 aliphatic carbocycles. The monoisotopic (exact) mass is 316 g/mol. The molecule has 0 radical (unpaired) electrons. The molecule has 0 aromatic carbocycles. The fraction of sp³-hybridized carbons (Fsp3) is 0.333. The van der Waals surface area contributed by atoms with Gasteiger partial charge in [-0.3, -0.25) is 4.98 Å². The molecule has 1 heterocycles. The lowest BCUT2D eigenvalue weighted by molar-refractivity contribution is 0.648. The molecule has 7 heteroatoms. The van der Waals surface area contributed by atoms with Gasteiger partial charge in [0.2, 0.25) is 3.79 Å². The van der Waals surface area contributed by atoms with E-state index in [2.05, 4.69) is 29.8 Å². The molecule has 90 valence electrons. The maximum absolute atomic E-state index is 5.53. The third-order valence-corrected chi connectivity index (χ3v) is 2.68. The van der Waals surface area contributed by atoms with E-state index in [0.717, 1.165) is 0 Å². The zero-order valence-corrected chi connectivity index (χ0v) is 12.7. The number of aromatic nitrogens is 1. The number of thiocarbonyl (C=S) groups is 1. The predicted octanol–water partition coefficient (Wildman–Crippen LogP) is 3.67. The van der Waals surface area contributed by atoms with Gasteiger partial charge in [0.25, 0.3) is 0 Å². The lowest BCUT2D eigenvalue weighted by atomic mass is 10.4. The largest absolute Gasteiger partial charge is 0.364 e. The number of rotatable bonds is 0. The molecule has 0 amide bonds. The molecular weight excluding hydrogens is 307 g/mol. The predicted molar refractivity (Wildman–Crippen MR) is 78.7 cm³/mol. The van der Waals surface area contributed by atoms with E-state index < -0.39 is 3.79 Å². The molecule has 1 rings (SSSR count). The summed E-state index contributed by atoms with van der Waals surface area (Å²) in [5.74, 6) is 0. The highest BCUT2D eigenvalue weighted by atomic mass is 35.6. The summed E-state index contributed by atoms with van der Waals surface area (Å²) in [7, 11) is 3.71. The van der Waals surface area contributed by atoms with Crippen molar-refractivity contribution in [2.24, 2.45) is 0 Å². The van der Waals surface area contributed by atoms with E-state index in [-0.39, 0.29) is 0 Å². The number of hydrogen-bond acceptors (Lipinski definition) is 2. The van der Waals surface area contributed by atoms with E-state index in [4.69, 9.17) is 34.8 Å². The number of halogens is 3. The zero-order chi connectivity index (χ0) is 12.8. The Bertz CT molecular complexity index is 325. The first kappa shape index (κ1) is 16.3. The average molecular weight is 318 g/mol. The van der Waals surface area contributed by atoms with Gasteiger partial charge in [0.15, 0.2) is 0 Å². The molecule has 0 saturated heterocycles. The molecule has 0 fully saturated rings. The quantitative estimate of drug-likeness (QED) is 0.447. The molecule has 2 nitrogen and oxygen atoms in total. The third-order valence-electron chi connectivity index (χ3n) is 1.34. The molecule has 0 aliphatic heterocycles. The van der Waals surface area contributed by atoms with Crippen molar-refractivity contribution in [3.8, 4) is 0 Å². The van der Waals surface area contributed by atoms with Crippen molar-refractivity contribution in [1.29, 1.82) is 0 Å². The Hall–Kier alpha value is 0.260. The van der Waals surface area contributed by atoms with Crippen LogP contribution in [-0.4, -0.2) is 28.3 Å². The first-order valence-electron chi connectivity index (χ1n) is 4.13. The third kappa shape index (κ3) is 7.52. The van der Waals surface area contributed by atoms with Gasteiger partial charge in [-0.2, -0.15) is 0 Å². The van der Waals surface area contributed by atoms with Crippen LogP contribution in [0.5, 0.6) is 0 Å². The van der Waals surface area contributed by atoms with Crippen molar-refractivity contribution in [2.75, 3.05) is 14.1 Å². The fourth-order valence-electron chi connectivity index (χ4n) is 0.530. The Kier molecular flexibility index (Phi) is 7.68. The summed E-state index contributed by atoms with van der Waals surface area (Å²) in [5, 5.41) is 0. The summed E-state index contributed by atoms with van der Waals surface area (Å²) in [5.41, 5.74) is 0.444. The van der Waals surface area contributed by atoms with Crippen molar-refractivity contribution in [1.82, 2.24) is 9.88 Å². The lowest BCUT2D eigenvalue weighted by Crippen LogP contribution is -2.12. The van der Waals surface area contributed by atoms with Crippen molar-refractivity contribution in [3.63, 3.8) is 0 Å². The molecule has 1 aromatic rings. The Morgan fingerprint density at radius 3 is 2.06 bits per heavy atom. The molecular formula is C9H11Cl3N2S2. The Morgan fingerprint density at radius 2 is 1.88 bits per heavy atom. The summed E-state index contributed by atoms with van der Waals surface area (Å²) < 4.78 is -0.781. The van der Waals surface area contributed by atoms with Crippen LogP contribution in [-0.2, 0) is 3.79 Å². The van der Waals surface area contributed by atoms with Crippen LogP contribution in [0.15, 0.2) is 24.4 Å². The number of hydrogen-bond donors (Lipinski definition) is 1.